The molecule has 0 saturated carbocycles. The largest absolute Gasteiger partial charge is 0.147 e. The van der Waals surface area contributed by atoms with Crippen molar-refractivity contribution in [3.05, 3.63) is 41.1 Å². The summed E-state index contributed by atoms with van der Waals surface area (Å²) in [6.45, 7) is 21.7. The molecule has 0 unspecified atom stereocenters. The fraction of sp³-hybridized carbons (Fsp3) is 0.692. The second-order valence-electron chi connectivity index (χ2n) is 12.4. The van der Waals surface area contributed by atoms with E-state index < -0.39 is 17.1 Å². The minimum absolute atomic E-state index is 0. The quantitative estimate of drug-likeness (QED) is 0.255. The number of hydrogen-bond donors (Lipinski definition) is 0. The van der Waals surface area contributed by atoms with E-state index in [2.05, 4.69) is 83.8 Å². The zero-order chi connectivity index (χ0) is 21.6. The summed E-state index contributed by atoms with van der Waals surface area (Å²) < 4.78 is 9.30. The molecule has 0 atom stereocenters. The van der Waals surface area contributed by atoms with Crippen molar-refractivity contribution < 1.29 is 17.1 Å². The summed E-state index contributed by atoms with van der Waals surface area (Å²) in [4.78, 5) is 0. The van der Waals surface area contributed by atoms with Crippen molar-refractivity contribution in [1.29, 1.82) is 0 Å². The van der Waals surface area contributed by atoms with Gasteiger partial charge >= 0.3 is 179 Å². The first-order valence-corrected chi connectivity index (χ1v) is 30.7. The zero-order valence-electron chi connectivity index (χ0n) is 21.4. The molecule has 0 saturated heterocycles. The van der Waals surface area contributed by atoms with Crippen LogP contribution in [0.2, 0.25) is 9.36 Å². The summed E-state index contributed by atoms with van der Waals surface area (Å²) in [6, 6.07) is 0. The van der Waals surface area contributed by atoms with Gasteiger partial charge in [-0.3, -0.25) is 0 Å². The van der Waals surface area contributed by atoms with Crippen molar-refractivity contribution in [2.45, 2.75) is 103 Å². The van der Waals surface area contributed by atoms with E-state index in [0.29, 0.717) is 0 Å². The third-order valence-corrected chi connectivity index (χ3v) is 30.9. The number of halogens is 2. The van der Waals surface area contributed by atoms with Crippen molar-refractivity contribution in [1.82, 2.24) is 0 Å². The van der Waals surface area contributed by atoms with Gasteiger partial charge in [0.05, 0.1) is 0 Å². The van der Waals surface area contributed by atoms with Crippen LogP contribution in [0.3, 0.4) is 0 Å². The van der Waals surface area contributed by atoms with Gasteiger partial charge in [0.2, 0.25) is 0 Å². The van der Waals surface area contributed by atoms with Crippen LogP contribution in [0.1, 0.15) is 93.9 Å². The third-order valence-electron chi connectivity index (χ3n) is 6.85. The van der Waals surface area contributed by atoms with Gasteiger partial charge in [0.1, 0.15) is 0 Å². The maximum atomic E-state index is 2.75. The third kappa shape index (κ3) is 6.36. The number of hydrogen-bond acceptors (Lipinski definition) is 0. The van der Waals surface area contributed by atoms with Crippen molar-refractivity contribution in [3.63, 3.8) is 0 Å². The van der Waals surface area contributed by atoms with Gasteiger partial charge in [0.15, 0.2) is 0 Å². The van der Waals surface area contributed by atoms with Crippen LogP contribution in [-0.2, 0) is 17.1 Å². The molecule has 0 heterocycles. The Morgan fingerprint density at radius 2 is 1.03 bits per heavy atom. The zero-order valence-corrected chi connectivity index (χ0v) is 28.1. The average molecular weight is 638 g/mol. The van der Waals surface area contributed by atoms with Gasteiger partial charge in [0.25, 0.3) is 0 Å². The maximum Gasteiger partial charge on any atom is -0.147 e. The van der Waals surface area contributed by atoms with E-state index >= 15 is 0 Å². The van der Waals surface area contributed by atoms with Crippen LogP contribution < -0.4 is 0 Å². The minimum atomic E-state index is -3.38. The van der Waals surface area contributed by atoms with Gasteiger partial charge < -0.3 is 0 Å². The predicted octanol–water partition coefficient (Wildman–Crippen LogP) is 9.02. The van der Waals surface area contributed by atoms with Crippen LogP contribution in [0.4, 0.5) is 0 Å². The summed E-state index contributed by atoms with van der Waals surface area (Å²) >= 11 is -3.38. The Bertz CT molecular complexity index is 769. The van der Waals surface area contributed by atoms with Crippen molar-refractivity contribution in [2.75, 3.05) is 0 Å². The normalized spacial score (nSPS) is 18.2. The molecule has 0 bridgehead atoms. The standard InChI is InChI=1S/2C12H19.2CH3.2ClH.Hf.H2Si/c2*1-5-6-10-7-8-11(9-10)12(2,3)4;;;;;;/h2*9H,5-7H2,1-4H3;2*1H3;2*1H;;1H2. The van der Waals surface area contributed by atoms with E-state index in [1.165, 1.54) is 38.5 Å². The van der Waals surface area contributed by atoms with Gasteiger partial charge in [-0.15, -0.1) is 24.8 Å². The molecule has 0 nitrogen and oxygen atoms in total. The molecule has 2 rings (SSSR count). The van der Waals surface area contributed by atoms with E-state index in [1.807, 2.05) is 6.66 Å². The monoisotopic (exact) mass is 638 g/mol. The second-order valence-corrected chi connectivity index (χ2v) is 53.4. The molecule has 0 N–H and O–H groups in total. The molecule has 0 fully saturated rings. The average Bonchev–Trinajstić information content (AvgIpc) is 3.12. The molecule has 4 heteroatoms. The van der Waals surface area contributed by atoms with Crippen molar-refractivity contribution in [2.24, 2.45) is 10.8 Å². The minimum Gasteiger partial charge on any atom is -0.147 e. The molecule has 0 amide bonds. The molecule has 2 aliphatic carbocycles. The Kier molecular flexibility index (Phi) is 10.5. The Labute approximate surface area is 202 Å². The predicted molar refractivity (Wildman–Crippen MR) is 143 cm³/mol. The first-order valence-electron chi connectivity index (χ1n) is 11.5. The van der Waals surface area contributed by atoms with E-state index in [4.69, 9.17) is 0 Å². The molecule has 0 aromatic rings. The molecule has 30 heavy (non-hydrogen) atoms. The Morgan fingerprint density at radius 3 is 1.27 bits per heavy atom. The summed E-state index contributed by atoms with van der Waals surface area (Å²) in [5, 5.41) is 0. The Morgan fingerprint density at radius 1 is 0.733 bits per heavy atom. The van der Waals surface area contributed by atoms with Gasteiger partial charge in [-0.25, -0.2) is 0 Å². The topological polar surface area (TPSA) is 0 Å². The first kappa shape index (κ1) is 30.6. The van der Waals surface area contributed by atoms with Crippen molar-refractivity contribution in [3.8, 4) is 0 Å². The van der Waals surface area contributed by atoms with Gasteiger partial charge in [-0.2, -0.15) is 0 Å². The summed E-state index contributed by atoms with van der Waals surface area (Å²) in [5.41, 5.74) is 7.26. The van der Waals surface area contributed by atoms with Crippen LogP contribution in [0, 0.1) is 10.8 Å². The molecule has 0 aliphatic heterocycles. The van der Waals surface area contributed by atoms with E-state index in [0.717, 1.165) is 0 Å². The van der Waals surface area contributed by atoms with Crippen LogP contribution in [0.25, 0.3) is 0 Å². The van der Waals surface area contributed by atoms with Crippen molar-refractivity contribution >= 4 is 31.8 Å². The maximum absolute atomic E-state index is 3.38. The number of rotatable bonds is 6. The van der Waals surface area contributed by atoms with Gasteiger partial charge in [-0.05, 0) is 0 Å². The van der Waals surface area contributed by atoms with Crippen LogP contribution >= 0.6 is 24.8 Å². The second kappa shape index (κ2) is 10.3. The SMILES string of the molecule is CCCC1=CC(C(C)(C)C)=[C]([Hf]([CH3])([CH3])(=[SiH2])[C]2=C(C(C)(C)C)C=C(CCC)C2)C1.Cl.Cl. The van der Waals surface area contributed by atoms with Crippen LogP contribution in [0.15, 0.2) is 41.1 Å². The fourth-order valence-electron chi connectivity index (χ4n) is 5.24. The summed E-state index contributed by atoms with van der Waals surface area (Å²) in [5.74, 6) is 0. The fourth-order valence-corrected chi connectivity index (χ4v) is 26.8. The van der Waals surface area contributed by atoms with Crippen LogP contribution in [0.5, 0.6) is 0 Å². The Balaban J connectivity index is 0.00000420. The Hall–Kier alpha value is 0.627. The van der Waals surface area contributed by atoms with Crippen LogP contribution in [-0.4, -0.2) is 6.94 Å². The van der Waals surface area contributed by atoms with Gasteiger partial charge in [-0.1, -0.05) is 0 Å². The van der Waals surface area contributed by atoms with E-state index in [1.54, 1.807) is 22.3 Å². The van der Waals surface area contributed by atoms with E-state index in [9.17, 15) is 0 Å². The summed E-state index contributed by atoms with van der Waals surface area (Å²) in [6.07, 6.45) is 12.8. The summed E-state index contributed by atoms with van der Waals surface area (Å²) in [7, 11) is 0. The smallest absolute Gasteiger partial charge is 0.147 e. The molecule has 0 aromatic heterocycles. The molecule has 2 aliphatic rings. The molecule has 0 aromatic carbocycles. The van der Waals surface area contributed by atoms with Gasteiger partial charge in [0, 0.05) is 0 Å². The first-order chi connectivity index (χ1) is 12.6. The molecular weight excluding hydrogens is 590 g/mol. The molecule has 0 radical (unpaired) electrons. The van der Waals surface area contributed by atoms with E-state index in [-0.39, 0.29) is 35.6 Å². The molecule has 174 valence electrons. The number of allylic oxidation sites excluding steroid dienone is 8. The molecular formula is C26H48Cl2HfSi. The molecule has 0 spiro atoms.